The first kappa shape index (κ1) is 12.4. The fourth-order valence-electron chi connectivity index (χ4n) is 1.37. The van der Waals surface area contributed by atoms with Crippen molar-refractivity contribution in [3.05, 3.63) is 53.3 Å². The zero-order chi connectivity index (χ0) is 12.3. The van der Waals surface area contributed by atoms with Crippen molar-refractivity contribution in [1.29, 1.82) is 0 Å². The van der Waals surface area contributed by atoms with Gasteiger partial charge in [-0.25, -0.2) is 0 Å². The van der Waals surface area contributed by atoms with Crippen molar-refractivity contribution in [2.75, 3.05) is 0 Å². The number of aliphatic hydroxyl groups excluding tert-OH is 1. The lowest BCUT2D eigenvalue weighted by Gasteiger charge is -2.05. The van der Waals surface area contributed by atoms with Gasteiger partial charge in [-0.05, 0) is 37.3 Å². The van der Waals surface area contributed by atoms with E-state index in [1.54, 1.807) is 24.9 Å². The van der Waals surface area contributed by atoms with Gasteiger partial charge < -0.3 is 5.11 Å². The van der Waals surface area contributed by atoms with Crippen molar-refractivity contribution in [3.8, 4) is 0 Å². The van der Waals surface area contributed by atoms with E-state index < -0.39 is 6.10 Å². The number of rotatable bonds is 3. The van der Waals surface area contributed by atoms with Gasteiger partial charge >= 0.3 is 0 Å². The molecule has 0 unspecified atom stereocenters. The van der Waals surface area contributed by atoms with Crippen LogP contribution in [-0.4, -0.2) is 10.1 Å². The Morgan fingerprint density at radius 3 is 2.65 bits per heavy atom. The zero-order valence-electron chi connectivity index (χ0n) is 9.30. The summed E-state index contributed by atoms with van der Waals surface area (Å²) in [6.45, 7) is 1.70. The third kappa shape index (κ3) is 3.46. The number of pyridine rings is 1. The second-order valence-electron chi connectivity index (χ2n) is 3.65. The van der Waals surface area contributed by atoms with Gasteiger partial charge in [0, 0.05) is 21.0 Å². The van der Waals surface area contributed by atoms with Crippen LogP contribution < -0.4 is 0 Å². The van der Waals surface area contributed by atoms with Crippen molar-refractivity contribution in [1.82, 2.24) is 4.98 Å². The van der Waals surface area contributed by atoms with Crippen molar-refractivity contribution in [2.45, 2.75) is 22.8 Å². The summed E-state index contributed by atoms with van der Waals surface area (Å²) in [4.78, 5) is 6.29. The Morgan fingerprint density at radius 2 is 2.06 bits per heavy atom. The molecule has 2 nitrogen and oxygen atoms in total. The molecule has 2 rings (SSSR count). The van der Waals surface area contributed by atoms with Crippen molar-refractivity contribution in [2.24, 2.45) is 0 Å². The van der Waals surface area contributed by atoms with Crippen LogP contribution in [0.15, 0.2) is 52.4 Å². The minimum atomic E-state index is -0.528. The minimum Gasteiger partial charge on any atom is -0.387 e. The molecule has 2 aromatic rings. The number of nitrogens with zero attached hydrogens (tertiary/aromatic N) is 1. The van der Waals surface area contributed by atoms with Gasteiger partial charge in [-0.3, -0.25) is 4.98 Å². The molecule has 4 heteroatoms. The first-order valence-corrected chi connectivity index (χ1v) is 6.42. The molecule has 0 fully saturated rings. The maximum Gasteiger partial charge on any atom is 0.0931 e. The molecule has 1 aromatic heterocycles. The second kappa shape index (κ2) is 5.54. The van der Waals surface area contributed by atoms with Crippen LogP contribution in [0.4, 0.5) is 0 Å². The smallest absolute Gasteiger partial charge is 0.0931 e. The Labute approximate surface area is 110 Å². The van der Waals surface area contributed by atoms with Gasteiger partial charge in [-0.15, -0.1) is 0 Å². The molecular formula is C13H12ClNOS. The molecule has 1 N–H and O–H groups in total. The average molecular weight is 266 g/mol. The van der Waals surface area contributed by atoms with E-state index in [4.69, 9.17) is 11.6 Å². The van der Waals surface area contributed by atoms with Crippen molar-refractivity contribution >= 4 is 23.4 Å². The summed E-state index contributed by atoms with van der Waals surface area (Å²) in [5, 5.41) is 10.1. The quantitative estimate of drug-likeness (QED) is 0.913. The lowest BCUT2D eigenvalue weighted by molar-refractivity contribution is 0.194. The monoisotopic (exact) mass is 265 g/mol. The molecule has 0 aliphatic heterocycles. The molecule has 0 aliphatic rings. The van der Waals surface area contributed by atoms with Crippen LogP contribution >= 0.6 is 23.4 Å². The Kier molecular flexibility index (Phi) is 4.05. The molecule has 1 heterocycles. The summed E-state index contributed by atoms with van der Waals surface area (Å²) >= 11 is 7.51. The fraction of sp³-hybridized carbons (Fsp3) is 0.154. The molecule has 0 bridgehead atoms. The van der Waals surface area contributed by atoms with E-state index in [1.807, 2.05) is 36.4 Å². The summed E-state index contributed by atoms with van der Waals surface area (Å²) < 4.78 is 0. The number of hydrogen-bond donors (Lipinski definition) is 1. The zero-order valence-corrected chi connectivity index (χ0v) is 10.9. The van der Waals surface area contributed by atoms with E-state index in [0.29, 0.717) is 5.69 Å². The minimum absolute atomic E-state index is 0.528. The predicted octanol–water partition coefficient (Wildman–Crippen LogP) is 3.94. The standard InChI is InChI=1S/C13H12ClNOS/c1-9(16)13-6-5-12(8-15-13)17-11-4-2-3-10(14)7-11/h2-9,16H,1H3/t9-/m0/s1. The highest BCUT2D eigenvalue weighted by molar-refractivity contribution is 7.99. The topological polar surface area (TPSA) is 33.1 Å². The summed E-state index contributed by atoms with van der Waals surface area (Å²) in [6, 6.07) is 11.5. The SMILES string of the molecule is C[C@H](O)c1ccc(Sc2cccc(Cl)c2)cn1. The normalized spacial score (nSPS) is 12.4. The van der Waals surface area contributed by atoms with E-state index in [2.05, 4.69) is 4.98 Å². The summed E-state index contributed by atoms with van der Waals surface area (Å²) in [7, 11) is 0. The van der Waals surface area contributed by atoms with Gasteiger partial charge in [0.25, 0.3) is 0 Å². The van der Waals surface area contributed by atoms with E-state index in [1.165, 1.54) is 0 Å². The summed E-state index contributed by atoms with van der Waals surface area (Å²) in [5.74, 6) is 0. The largest absolute Gasteiger partial charge is 0.387 e. The fourth-order valence-corrected chi connectivity index (χ4v) is 2.47. The molecular weight excluding hydrogens is 254 g/mol. The summed E-state index contributed by atoms with van der Waals surface area (Å²) in [6.07, 6.45) is 1.23. The Morgan fingerprint density at radius 1 is 1.24 bits per heavy atom. The number of hydrogen-bond acceptors (Lipinski definition) is 3. The number of halogens is 1. The second-order valence-corrected chi connectivity index (χ2v) is 5.24. The number of aliphatic hydroxyl groups is 1. The van der Waals surface area contributed by atoms with Crippen LogP contribution in [0.1, 0.15) is 18.7 Å². The van der Waals surface area contributed by atoms with E-state index in [9.17, 15) is 5.11 Å². The third-order valence-corrected chi connectivity index (χ3v) is 3.42. The lowest BCUT2D eigenvalue weighted by Crippen LogP contribution is -1.94. The maximum atomic E-state index is 9.35. The van der Waals surface area contributed by atoms with Gasteiger partial charge in [-0.1, -0.05) is 29.4 Å². The van der Waals surface area contributed by atoms with E-state index in [-0.39, 0.29) is 0 Å². The van der Waals surface area contributed by atoms with Gasteiger partial charge in [0.1, 0.15) is 0 Å². The number of benzene rings is 1. The molecule has 0 radical (unpaired) electrons. The molecule has 0 spiro atoms. The Bertz CT molecular complexity index is 499. The van der Waals surface area contributed by atoms with Crippen LogP contribution in [-0.2, 0) is 0 Å². The van der Waals surface area contributed by atoms with Gasteiger partial charge in [0.05, 0.1) is 11.8 Å². The molecule has 0 amide bonds. The highest BCUT2D eigenvalue weighted by atomic mass is 35.5. The first-order chi connectivity index (χ1) is 8.15. The van der Waals surface area contributed by atoms with Crippen molar-refractivity contribution < 1.29 is 5.11 Å². The summed E-state index contributed by atoms with van der Waals surface area (Å²) in [5.41, 5.74) is 0.681. The average Bonchev–Trinajstić information content (AvgIpc) is 2.29. The predicted molar refractivity (Wildman–Crippen MR) is 70.4 cm³/mol. The van der Waals surface area contributed by atoms with Crippen molar-refractivity contribution in [3.63, 3.8) is 0 Å². The maximum absolute atomic E-state index is 9.35. The molecule has 1 aromatic carbocycles. The molecule has 0 saturated heterocycles. The van der Waals surface area contributed by atoms with Crippen LogP contribution in [0, 0.1) is 0 Å². The molecule has 0 aliphatic carbocycles. The highest BCUT2D eigenvalue weighted by Crippen LogP contribution is 2.29. The Balaban J connectivity index is 2.14. The van der Waals surface area contributed by atoms with Crippen LogP contribution in [0.5, 0.6) is 0 Å². The lowest BCUT2D eigenvalue weighted by atomic mass is 10.2. The first-order valence-electron chi connectivity index (χ1n) is 5.22. The highest BCUT2D eigenvalue weighted by Gasteiger charge is 2.03. The van der Waals surface area contributed by atoms with Gasteiger partial charge in [0.2, 0.25) is 0 Å². The van der Waals surface area contributed by atoms with E-state index in [0.717, 1.165) is 14.8 Å². The number of aromatic nitrogens is 1. The molecule has 88 valence electrons. The molecule has 17 heavy (non-hydrogen) atoms. The van der Waals surface area contributed by atoms with Crippen LogP contribution in [0.25, 0.3) is 0 Å². The molecule has 1 atom stereocenters. The van der Waals surface area contributed by atoms with Gasteiger partial charge in [-0.2, -0.15) is 0 Å². The van der Waals surface area contributed by atoms with Gasteiger partial charge in [0.15, 0.2) is 0 Å². The van der Waals surface area contributed by atoms with E-state index >= 15 is 0 Å². The van der Waals surface area contributed by atoms with Crippen LogP contribution in [0.2, 0.25) is 5.02 Å². The Hall–Kier alpha value is -1.03. The van der Waals surface area contributed by atoms with Crippen LogP contribution in [0.3, 0.4) is 0 Å². The third-order valence-electron chi connectivity index (χ3n) is 2.22. The molecule has 0 saturated carbocycles.